The fourth-order valence-corrected chi connectivity index (χ4v) is 4.64. The van der Waals surface area contributed by atoms with Gasteiger partial charge in [-0.2, -0.15) is 0 Å². The third-order valence-electron chi connectivity index (χ3n) is 6.92. The van der Waals surface area contributed by atoms with Gasteiger partial charge in [0.1, 0.15) is 5.75 Å². The number of methoxy groups -OCH3 is 1. The molecule has 6 nitrogen and oxygen atoms in total. The van der Waals surface area contributed by atoms with Crippen LogP contribution in [0.25, 0.3) is 0 Å². The molecule has 3 amide bonds. The van der Waals surface area contributed by atoms with Gasteiger partial charge in [0.15, 0.2) is 0 Å². The third kappa shape index (κ3) is 3.19. The van der Waals surface area contributed by atoms with E-state index in [0.717, 1.165) is 18.4 Å². The Balaban J connectivity index is 1.60. The van der Waals surface area contributed by atoms with Crippen molar-refractivity contribution in [1.29, 1.82) is 0 Å². The summed E-state index contributed by atoms with van der Waals surface area (Å²) >= 11 is 0. The highest BCUT2D eigenvalue weighted by Crippen LogP contribution is 2.60. The number of carbonyl (C=O) groups is 3. The molecule has 28 heavy (non-hydrogen) atoms. The molecule has 2 aliphatic rings. The number of rotatable bonds is 6. The van der Waals surface area contributed by atoms with Gasteiger partial charge in [-0.15, -0.1) is 0 Å². The highest BCUT2D eigenvalue weighted by Gasteiger charge is 2.64. The zero-order chi connectivity index (χ0) is 20.7. The van der Waals surface area contributed by atoms with Gasteiger partial charge in [0.2, 0.25) is 17.7 Å². The molecule has 0 radical (unpaired) electrons. The summed E-state index contributed by atoms with van der Waals surface area (Å²) in [5.74, 6) is 0.172. The molecule has 6 heteroatoms. The fraction of sp³-hybridized carbons (Fsp3) is 0.591. The lowest BCUT2D eigenvalue weighted by molar-refractivity contribution is -0.168. The third-order valence-corrected chi connectivity index (χ3v) is 6.92. The molecule has 3 rings (SSSR count). The molecule has 1 saturated heterocycles. The Hall–Kier alpha value is -2.37. The number of likely N-dealkylation sites (tertiary alicyclic amines) is 1. The highest BCUT2D eigenvalue weighted by molar-refractivity contribution is 6.03. The number of nitrogens with zero attached hydrogens (tertiary/aromatic N) is 1. The summed E-state index contributed by atoms with van der Waals surface area (Å²) < 4.78 is 5.28. The van der Waals surface area contributed by atoms with Crippen LogP contribution in [0.3, 0.4) is 0 Å². The Morgan fingerprint density at radius 2 is 2.00 bits per heavy atom. The second-order valence-electron chi connectivity index (χ2n) is 8.80. The first kappa shape index (κ1) is 20.4. The summed E-state index contributed by atoms with van der Waals surface area (Å²) in [6.45, 7) is 8.27. The van der Waals surface area contributed by atoms with Gasteiger partial charge in [0.05, 0.1) is 18.2 Å². The van der Waals surface area contributed by atoms with E-state index in [0.29, 0.717) is 17.9 Å². The average molecular weight is 386 g/mol. The van der Waals surface area contributed by atoms with Crippen LogP contribution >= 0.6 is 0 Å². The Kier molecular flexibility index (Phi) is 5.26. The predicted octanol–water partition coefficient (Wildman–Crippen LogP) is 3.53. The lowest BCUT2D eigenvalue weighted by atomic mass is 9.62. The molecule has 2 atom stereocenters. The molecule has 1 saturated carbocycles. The number of hydrogen-bond acceptors (Lipinski definition) is 4. The van der Waals surface area contributed by atoms with E-state index in [-0.39, 0.29) is 42.0 Å². The van der Waals surface area contributed by atoms with Gasteiger partial charge in [-0.25, -0.2) is 0 Å². The van der Waals surface area contributed by atoms with Crippen molar-refractivity contribution in [2.75, 3.05) is 19.0 Å². The van der Waals surface area contributed by atoms with E-state index >= 15 is 0 Å². The molecule has 2 unspecified atom stereocenters. The molecule has 1 aromatic carbocycles. The maximum atomic E-state index is 13.0. The fourth-order valence-electron chi connectivity index (χ4n) is 4.64. The van der Waals surface area contributed by atoms with Crippen LogP contribution in [-0.2, 0) is 14.4 Å². The zero-order valence-corrected chi connectivity index (χ0v) is 17.4. The maximum absolute atomic E-state index is 13.0. The molecule has 1 aliphatic carbocycles. The summed E-state index contributed by atoms with van der Waals surface area (Å²) in [6, 6.07) is 5.59. The Morgan fingerprint density at radius 1 is 1.29 bits per heavy atom. The standard InChI is InChI=1S/C22H30N2O4/c1-14-8-9-17(28-5)16(13-14)23-18(25)7-6-12-24-19(26)15-10-11-22(4,20(24)27)21(15,2)3/h8-9,13,15H,6-7,10-12H2,1-5H3,(H,23,25). The molecule has 1 N–H and O–H groups in total. The average Bonchev–Trinajstić information content (AvgIpc) is 2.82. The summed E-state index contributed by atoms with van der Waals surface area (Å²) in [5, 5.41) is 2.86. The van der Waals surface area contributed by atoms with Crippen molar-refractivity contribution >= 4 is 23.4 Å². The number of imide groups is 1. The minimum Gasteiger partial charge on any atom is -0.495 e. The van der Waals surface area contributed by atoms with Crippen LogP contribution in [0.1, 0.15) is 52.0 Å². The van der Waals surface area contributed by atoms with Crippen molar-refractivity contribution in [1.82, 2.24) is 4.90 Å². The van der Waals surface area contributed by atoms with Gasteiger partial charge >= 0.3 is 0 Å². The summed E-state index contributed by atoms with van der Waals surface area (Å²) in [7, 11) is 1.56. The van der Waals surface area contributed by atoms with Crippen molar-refractivity contribution in [2.24, 2.45) is 16.7 Å². The smallest absolute Gasteiger partial charge is 0.235 e. The molecule has 152 valence electrons. The lowest BCUT2D eigenvalue weighted by Gasteiger charge is -2.47. The first-order chi connectivity index (χ1) is 13.1. The number of fused-ring (bicyclic) bond motifs is 2. The molecule has 1 heterocycles. The van der Waals surface area contributed by atoms with Crippen LogP contribution in [0.15, 0.2) is 18.2 Å². The largest absolute Gasteiger partial charge is 0.495 e. The lowest BCUT2D eigenvalue weighted by Crippen LogP contribution is -2.59. The molecular formula is C22H30N2O4. The number of amides is 3. The number of hydrogen-bond donors (Lipinski definition) is 1. The van der Waals surface area contributed by atoms with E-state index < -0.39 is 5.41 Å². The minimum atomic E-state index is -0.497. The second kappa shape index (κ2) is 7.22. The molecule has 0 aromatic heterocycles. The Morgan fingerprint density at radius 3 is 2.68 bits per heavy atom. The van der Waals surface area contributed by atoms with Crippen molar-refractivity contribution in [2.45, 2.75) is 53.4 Å². The van der Waals surface area contributed by atoms with Gasteiger partial charge in [-0.1, -0.05) is 26.8 Å². The molecule has 2 fully saturated rings. The number of nitrogens with one attached hydrogen (secondary N) is 1. The highest BCUT2D eigenvalue weighted by atomic mass is 16.5. The van der Waals surface area contributed by atoms with E-state index in [2.05, 4.69) is 5.32 Å². The van der Waals surface area contributed by atoms with Crippen molar-refractivity contribution in [3.63, 3.8) is 0 Å². The number of anilines is 1. The van der Waals surface area contributed by atoms with Crippen LogP contribution in [0.5, 0.6) is 5.75 Å². The Bertz CT molecular complexity index is 817. The van der Waals surface area contributed by atoms with Gasteiger partial charge in [0, 0.05) is 18.9 Å². The van der Waals surface area contributed by atoms with E-state index in [9.17, 15) is 14.4 Å². The number of aryl methyl sites for hydroxylation is 1. The zero-order valence-electron chi connectivity index (χ0n) is 17.4. The van der Waals surface area contributed by atoms with Crippen molar-refractivity contribution < 1.29 is 19.1 Å². The van der Waals surface area contributed by atoms with Crippen LogP contribution in [0.2, 0.25) is 0 Å². The van der Waals surface area contributed by atoms with Gasteiger partial charge in [-0.3, -0.25) is 19.3 Å². The minimum absolute atomic E-state index is 0.0780. The summed E-state index contributed by atoms with van der Waals surface area (Å²) in [4.78, 5) is 39.6. The molecule has 1 aromatic rings. The Labute approximate surface area is 166 Å². The number of ether oxygens (including phenoxy) is 1. The van der Waals surface area contributed by atoms with Crippen LogP contribution < -0.4 is 10.1 Å². The predicted molar refractivity (Wildman–Crippen MR) is 107 cm³/mol. The monoisotopic (exact) mass is 386 g/mol. The van der Waals surface area contributed by atoms with E-state index in [4.69, 9.17) is 4.74 Å². The van der Waals surface area contributed by atoms with Crippen LogP contribution in [0.4, 0.5) is 5.69 Å². The molecular weight excluding hydrogens is 356 g/mol. The van der Waals surface area contributed by atoms with Crippen molar-refractivity contribution in [3.05, 3.63) is 23.8 Å². The SMILES string of the molecule is COc1ccc(C)cc1NC(=O)CCCN1C(=O)C2CCC(C)(C1=O)C2(C)C. The second-order valence-corrected chi connectivity index (χ2v) is 8.80. The number of benzene rings is 1. The van der Waals surface area contributed by atoms with E-state index in [1.165, 1.54) is 4.90 Å². The van der Waals surface area contributed by atoms with Gasteiger partial charge in [-0.05, 0) is 49.3 Å². The summed E-state index contributed by atoms with van der Waals surface area (Å²) in [6.07, 6.45) is 2.19. The summed E-state index contributed by atoms with van der Waals surface area (Å²) in [5.41, 5.74) is 0.844. The topological polar surface area (TPSA) is 75.7 Å². The molecule has 2 bridgehead atoms. The quantitative estimate of drug-likeness (QED) is 0.759. The van der Waals surface area contributed by atoms with Crippen molar-refractivity contribution in [3.8, 4) is 5.75 Å². The first-order valence-electron chi connectivity index (χ1n) is 9.92. The van der Waals surface area contributed by atoms with Crippen LogP contribution in [0, 0.1) is 23.7 Å². The maximum Gasteiger partial charge on any atom is 0.235 e. The van der Waals surface area contributed by atoms with Gasteiger partial charge in [0.25, 0.3) is 0 Å². The first-order valence-corrected chi connectivity index (χ1v) is 9.92. The number of piperidine rings is 1. The van der Waals surface area contributed by atoms with E-state index in [1.54, 1.807) is 7.11 Å². The van der Waals surface area contributed by atoms with Crippen LogP contribution in [-0.4, -0.2) is 36.3 Å². The molecule has 1 aliphatic heterocycles. The van der Waals surface area contributed by atoms with E-state index in [1.807, 2.05) is 45.9 Å². The number of carbonyl (C=O) groups excluding carboxylic acids is 3. The van der Waals surface area contributed by atoms with Gasteiger partial charge < -0.3 is 10.1 Å². The normalized spacial score (nSPS) is 25.8. The molecule has 0 spiro atoms.